The highest BCUT2D eigenvalue weighted by atomic mass is 19.4. The van der Waals surface area contributed by atoms with E-state index in [0.29, 0.717) is 6.61 Å². The van der Waals surface area contributed by atoms with Gasteiger partial charge in [0, 0.05) is 57.5 Å². The van der Waals surface area contributed by atoms with E-state index >= 15 is 0 Å². The van der Waals surface area contributed by atoms with Gasteiger partial charge in [-0.3, -0.25) is 9.58 Å². The van der Waals surface area contributed by atoms with E-state index in [9.17, 15) is 30.7 Å². The second-order valence-electron chi connectivity index (χ2n) is 8.33. The summed E-state index contributed by atoms with van der Waals surface area (Å²) in [4.78, 5) is 24.1. The van der Waals surface area contributed by atoms with Crippen molar-refractivity contribution in [1.82, 2.24) is 19.7 Å². The number of halogens is 7. The SMILES string of the molecule is Cn1cc(CN2CC3(CC(Oc4ncccc4F)CCO3)C2)cn1.O=C(O)C(F)(F)F.O=C(O)C(F)(F)F. The molecule has 0 amide bonds. The van der Waals surface area contributed by atoms with Crippen LogP contribution in [0, 0.1) is 5.82 Å². The first-order valence-electron chi connectivity index (χ1n) is 10.7. The summed E-state index contributed by atoms with van der Waals surface area (Å²) in [6.45, 7) is 3.25. The molecule has 4 heterocycles. The van der Waals surface area contributed by atoms with Crippen LogP contribution in [0.5, 0.6) is 5.88 Å². The first kappa shape index (κ1) is 30.8. The van der Waals surface area contributed by atoms with Gasteiger partial charge in [-0.05, 0) is 12.1 Å². The highest BCUT2D eigenvalue weighted by Gasteiger charge is 2.48. The second-order valence-corrected chi connectivity index (χ2v) is 8.33. The molecule has 212 valence electrons. The van der Waals surface area contributed by atoms with Crippen LogP contribution in [0.15, 0.2) is 30.7 Å². The van der Waals surface area contributed by atoms with Crippen LogP contribution in [0.3, 0.4) is 0 Å². The van der Waals surface area contributed by atoms with Crippen molar-refractivity contribution in [3.63, 3.8) is 0 Å². The lowest BCUT2D eigenvalue weighted by Crippen LogP contribution is -2.65. The number of carbonyl (C=O) groups is 2. The van der Waals surface area contributed by atoms with Crippen LogP contribution in [-0.2, 0) is 27.9 Å². The minimum Gasteiger partial charge on any atom is -0.475 e. The van der Waals surface area contributed by atoms with Crippen molar-refractivity contribution in [3.05, 3.63) is 42.1 Å². The van der Waals surface area contributed by atoms with Gasteiger partial charge in [-0.15, -0.1) is 0 Å². The molecule has 1 unspecified atom stereocenters. The average Bonchev–Trinajstić information content (AvgIpc) is 3.19. The second kappa shape index (κ2) is 12.4. The Morgan fingerprint density at radius 1 is 1.16 bits per heavy atom. The molecule has 38 heavy (non-hydrogen) atoms. The monoisotopic (exact) mass is 560 g/mol. The van der Waals surface area contributed by atoms with Crippen LogP contribution in [0.2, 0.25) is 0 Å². The summed E-state index contributed by atoms with van der Waals surface area (Å²) in [7, 11) is 1.92. The summed E-state index contributed by atoms with van der Waals surface area (Å²) in [5.41, 5.74) is 1.03. The molecular weight excluding hydrogens is 537 g/mol. The number of hydrogen-bond donors (Lipinski definition) is 2. The molecule has 1 atom stereocenters. The number of nitrogens with zero attached hydrogens (tertiary/aromatic N) is 4. The topological polar surface area (TPSA) is 127 Å². The minimum absolute atomic E-state index is 0.0521. The third kappa shape index (κ3) is 9.44. The number of hydrogen-bond acceptors (Lipinski definition) is 7. The fraction of sp³-hybridized carbons (Fsp3) is 0.524. The van der Waals surface area contributed by atoms with Gasteiger partial charge < -0.3 is 19.7 Å². The number of aliphatic carboxylic acids is 2. The van der Waals surface area contributed by atoms with Crippen LogP contribution >= 0.6 is 0 Å². The van der Waals surface area contributed by atoms with Gasteiger partial charge in [0.25, 0.3) is 5.88 Å². The van der Waals surface area contributed by atoms with E-state index in [2.05, 4.69) is 15.0 Å². The first-order valence-corrected chi connectivity index (χ1v) is 10.7. The van der Waals surface area contributed by atoms with Gasteiger partial charge in [0.2, 0.25) is 0 Å². The Kier molecular flexibility index (Phi) is 10.0. The van der Waals surface area contributed by atoms with E-state index in [-0.39, 0.29) is 17.6 Å². The van der Waals surface area contributed by atoms with Crippen molar-refractivity contribution in [2.24, 2.45) is 7.05 Å². The number of rotatable bonds is 4. The Hall–Kier alpha value is -3.47. The van der Waals surface area contributed by atoms with Gasteiger partial charge in [0.15, 0.2) is 5.82 Å². The van der Waals surface area contributed by atoms with Crippen LogP contribution in [0.4, 0.5) is 30.7 Å². The van der Waals surface area contributed by atoms with E-state index < -0.39 is 30.1 Å². The smallest absolute Gasteiger partial charge is 0.475 e. The molecule has 4 rings (SSSR count). The highest BCUT2D eigenvalue weighted by Crippen LogP contribution is 2.36. The first-order chi connectivity index (χ1) is 17.5. The number of carboxylic acids is 2. The van der Waals surface area contributed by atoms with Crippen molar-refractivity contribution < 1.29 is 60.0 Å². The standard InChI is InChI=1S/C17H21FN4O2.2C2HF3O2/c1-21-9-13(8-20-21)10-22-11-17(12-22)7-14(4-6-23-17)24-16-15(18)3-2-5-19-16;2*3-2(4,5)1(6)7/h2-3,5,8-9,14H,4,6-7,10-12H2,1H3;2*(H,6,7). The van der Waals surface area contributed by atoms with E-state index in [1.165, 1.54) is 11.6 Å². The maximum atomic E-state index is 13.7. The van der Waals surface area contributed by atoms with Crippen molar-refractivity contribution in [2.75, 3.05) is 19.7 Å². The molecule has 2 saturated heterocycles. The minimum atomic E-state index is -5.08. The highest BCUT2D eigenvalue weighted by molar-refractivity contribution is 5.73. The van der Waals surface area contributed by atoms with E-state index in [1.807, 2.05) is 24.1 Å². The molecule has 10 nitrogen and oxygen atoms in total. The summed E-state index contributed by atoms with van der Waals surface area (Å²) >= 11 is 0. The van der Waals surface area contributed by atoms with Crippen molar-refractivity contribution in [3.8, 4) is 5.88 Å². The lowest BCUT2D eigenvalue weighted by Gasteiger charge is -2.53. The summed E-state index contributed by atoms with van der Waals surface area (Å²) < 4.78 is 90.8. The Bertz CT molecular complexity index is 1060. The predicted molar refractivity (Wildman–Crippen MR) is 112 cm³/mol. The Morgan fingerprint density at radius 3 is 2.21 bits per heavy atom. The normalized spacial score (nSPS) is 18.8. The molecule has 0 radical (unpaired) electrons. The number of carboxylic acid groups (broad SMARTS) is 2. The molecule has 0 bridgehead atoms. The third-order valence-electron chi connectivity index (χ3n) is 5.12. The lowest BCUT2D eigenvalue weighted by atomic mass is 9.84. The summed E-state index contributed by atoms with van der Waals surface area (Å²) in [5, 5.41) is 18.4. The Balaban J connectivity index is 0.000000301. The van der Waals surface area contributed by atoms with Crippen LogP contribution < -0.4 is 4.74 Å². The average molecular weight is 560 g/mol. The fourth-order valence-corrected chi connectivity index (χ4v) is 3.61. The zero-order valence-electron chi connectivity index (χ0n) is 19.7. The van der Waals surface area contributed by atoms with E-state index in [1.54, 1.807) is 12.3 Å². The zero-order valence-corrected chi connectivity index (χ0v) is 19.7. The molecule has 2 N–H and O–H groups in total. The number of alkyl halides is 6. The molecule has 2 aromatic rings. The third-order valence-corrected chi connectivity index (χ3v) is 5.12. The fourth-order valence-electron chi connectivity index (χ4n) is 3.61. The van der Waals surface area contributed by atoms with Crippen molar-refractivity contribution >= 4 is 11.9 Å². The summed E-state index contributed by atoms with van der Waals surface area (Å²) in [6.07, 6.45) is -3.21. The summed E-state index contributed by atoms with van der Waals surface area (Å²) in [6, 6.07) is 2.94. The molecule has 2 fully saturated rings. The zero-order chi connectivity index (χ0) is 28.7. The van der Waals surface area contributed by atoms with Gasteiger partial charge in [-0.25, -0.2) is 19.0 Å². The molecule has 0 aromatic carbocycles. The maximum absolute atomic E-state index is 13.7. The number of ether oxygens (including phenoxy) is 2. The van der Waals surface area contributed by atoms with Gasteiger partial charge in [0.05, 0.1) is 18.4 Å². The van der Waals surface area contributed by atoms with Crippen LogP contribution in [-0.4, -0.2) is 85.6 Å². The van der Waals surface area contributed by atoms with Crippen LogP contribution in [0.1, 0.15) is 18.4 Å². The van der Waals surface area contributed by atoms with E-state index in [4.69, 9.17) is 29.3 Å². The molecule has 0 saturated carbocycles. The summed E-state index contributed by atoms with van der Waals surface area (Å²) in [5.74, 6) is -5.84. The van der Waals surface area contributed by atoms with Gasteiger partial charge in [0.1, 0.15) is 6.10 Å². The molecule has 2 aliphatic heterocycles. The van der Waals surface area contributed by atoms with E-state index in [0.717, 1.165) is 32.5 Å². The molecule has 1 spiro atoms. The van der Waals surface area contributed by atoms with Gasteiger partial charge >= 0.3 is 24.3 Å². The Labute approximate surface area is 210 Å². The van der Waals surface area contributed by atoms with Gasteiger partial charge in [-0.1, -0.05) is 0 Å². The number of likely N-dealkylation sites (tertiary alicyclic amines) is 1. The molecule has 2 aromatic heterocycles. The molecule has 2 aliphatic rings. The quantitative estimate of drug-likeness (QED) is 0.543. The largest absolute Gasteiger partial charge is 0.490 e. The lowest BCUT2D eigenvalue weighted by molar-refractivity contribution is -0.193. The Morgan fingerprint density at radius 2 is 1.74 bits per heavy atom. The number of aromatic nitrogens is 3. The predicted octanol–water partition coefficient (Wildman–Crippen LogP) is 3.03. The maximum Gasteiger partial charge on any atom is 0.490 e. The van der Waals surface area contributed by atoms with Gasteiger partial charge in [-0.2, -0.15) is 31.4 Å². The molecule has 0 aliphatic carbocycles. The molecular formula is C21H23F7N4O6. The number of aryl methyl sites for hydroxylation is 1. The van der Waals surface area contributed by atoms with Crippen molar-refractivity contribution in [1.29, 1.82) is 0 Å². The molecule has 17 heteroatoms. The van der Waals surface area contributed by atoms with Crippen LogP contribution in [0.25, 0.3) is 0 Å². The van der Waals surface area contributed by atoms with Crippen molar-refractivity contribution in [2.45, 2.75) is 43.4 Å². The number of pyridine rings is 1.